The van der Waals surface area contributed by atoms with Gasteiger partial charge in [-0.3, -0.25) is 9.59 Å². The first-order valence-corrected chi connectivity index (χ1v) is 9.61. The van der Waals surface area contributed by atoms with Crippen LogP contribution in [0.1, 0.15) is 37.5 Å². The summed E-state index contributed by atoms with van der Waals surface area (Å²) in [5.74, 6) is 0.359. The van der Waals surface area contributed by atoms with Crippen LogP contribution in [0.2, 0.25) is 0 Å². The number of rotatable bonds is 4. The second kappa shape index (κ2) is 7.23. The van der Waals surface area contributed by atoms with Crippen LogP contribution in [0.4, 0.5) is 0 Å². The average Bonchev–Trinajstić information content (AvgIpc) is 3.04. The third-order valence-corrected chi connectivity index (χ3v) is 6.19. The van der Waals surface area contributed by atoms with Gasteiger partial charge in [-0.2, -0.15) is 0 Å². The Hall–Kier alpha value is -1.40. The van der Waals surface area contributed by atoms with Crippen LogP contribution < -0.4 is 0 Å². The van der Waals surface area contributed by atoms with Gasteiger partial charge in [0, 0.05) is 37.5 Å². The minimum absolute atomic E-state index is 0.127. The van der Waals surface area contributed by atoms with Crippen molar-refractivity contribution in [1.29, 1.82) is 0 Å². The first-order valence-electron chi connectivity index (χ1n) is 8.73. The van der Waals surface area contributed by atoms with Gasteiger partial charge in [0.15, 0.2) is 0 Å². The summed E-state index contributed by atoms with van der Waals surface area (Å²) in [5.41, 5.74) is 0.127. The number of hydrogen-bond donors (Lipinski definition) is 1. The highest BCUT2D eigenvalue weighted by Crippen LogP contribution is 2.40. The standard InChI is InChI=1S/C18H26N2O3S/c1-14(21)12-20-13-18(5-4-16(20)22)6-8-19(9-7-18)17(23)11-15-3-2-10-24-15/h2-3,10,14,21H,4-9,11-13H2,1H3. The smallest absolute Gasteiger partial charge is 0.227 e. The number of carbonyl (C=O) groups excluding carboxylic acids is 2. The van der Waals surface area contributed by atoms with Crippen LogP contribution in [0.15, 0.2) is 17.5 Å². The number of nitrogens with zero attached hydrogens (tertiary/aromatic N) is 2. The van der Waals surface area contributed by atoms with E-state index in [0.29, 0.717) is 19.4 Å². The quantitative estimate of drug-likeness (QED) is 0.902. The maximum absolute atomic E-state index is 12.4. The van der Waals surface area contributed by atoms with Crippen LogP contribution >= 0.6 is 11.3 Å². The lowest BCUT2D eigenvalue weighted by Crippen LogP contribution is -2.53. The summed E-state index contributed by atoms with van der Waals surface area (Å²) >= 11 is 1.63. The number of piperidine rings is 2. The van der Waals surface area contributed by atoms with Gasteiger partial charge < -0.3 is 14.9 Å². The van der Waals surface area contributed by atoms with E-state index in [2.05, 4.69) is 0 Å². The third kappa shape index (κ3) is 3.98. The molecule has 1 spiro atoms. The molecule has 0 radical (unpaired) electrons. The number of thiophene rings is 1. The molecule has 6 heteroatoms. The van der Waals surface area contributed by atoms with Gasteiger partial charge in [-0.1, -0.05) is 6.07 Å². The van der Waals surface area contributed by atoms with Gasteiger partial charge in [0.2, 0.25) is 11.8 Å². The minimum atomic E-state index is -0.489. The van der Waals surface area contributed by atoms with Gasteiger partial charge in [-0.05, 0) is 43.0 Å². The highest BCUT2D eigenvalue weighted by Gasteiger charge is 2.41. The first kappa shape index (κ1) is 17.4. The number of aliphatic hydroxyl groups excluding tert-OH is 1. The number of aliphatic hydroxyl groups is 1. The molecule has 2 saturated heterocycles. The van der Waals surface area contributed by atoms with Crippen molar-refractivity contribution in [3.63, 3.8) is 0 Å². The lowest BCUT2D eigenvalue weighted by Gasteiger charge is -2.47. The van der Waals surface area contributed by atoms with E-state index in [9.17, 15) is 14.7 Å². The van der Waals surface area contributed by atoms with E-state index in [-0.39, 0.29) is 17.2 Å². The third-order valence-electron chi connectivity index (χ3n) is 5.32. The summed E-state index contributed by atoms with van der Waals surface area (Å²) in [6.07, 6.45) is 3.39. The van der Waals surface area contributed by atoms with Gasteiger partial charge in [0.05, 0.1) is 12.5 Å². The minimum Gasteiger partial charge on any atom is -0.392 e. The molecule has 3 rings (SSSR count). The molecule has 2 aliphatic rings. The second-order valence-corrected chi connectivity index (χ2v) is 8.29. The molecule has 0 bridgehead atoms. The molecule has 132 valence electrons. The van der Waals surface area contributed by atoms with Crippen molar-refractivity contribution in [1.82, 2.24) is 9.80 Å². The largest absolute Gasteiger partial charge is 0.392 e. The van der Waals surface area contributed by atoms with Crippen molar-refractivity contribution in [2.45, 2.75) is 45.1 Å². The van der Waals surface area contributed by atoms with Gasteiger partial charge in [0.1, 0.15) is 0 Å². The Labute approximate surface area is 147 Å². The van der Waals surface area contributed by atoms with E-state index >= 15 is 0 Å². The van der Waals surface area contributed by atoms with E-state index in [1.807, 2.05) is 27.3 Å². The van der Waals surface area contributed by atoms with E-state index in [0.717, 1.165) is 43.8 Å². The van der Waals surface area contributed by atoms with Crippen molar-refractivity contribution >= 4 is 23.2 Å². The fourth-order valence-electron chi connectivity index (χ4n) is 3.90. The van der Waals surface area contributed by atoms with Crippen molar-refractivity contribution in [2.75, 3.05) is 26.2 Å². The lowest BCUT2D eigenvalue weighted by atomic mass is 9.72. The molecule has 0 saturated carbocycles. The zero-order valence-corrected chi connectivity index (χ0v) is 15.1. The van der Waals surface area contributed by atoms with Gasteiger partial charge >= 0.3 is 0 Å². The SMILES string of the molecule is CC(O)CN1CC2(CCC1=O)CCN(C(=O)Cc1cccs1)CC2. The zero-order valence-electron chi connectivity index (χ0n) is 14.2. The van der Waals surface area contributed by atoms with E-state index < -0.39 is 6.10 Å². The molecular weight excluding hydrogens is 324 g/mol. The molecule has 2 aliphatic heterocycles. The molecular formula is C18H26N2O3S. The van der Waals surface area contributed by atoms with Crippen LogP contribution in [-0.2, 0) is 16.0 Å². The maximum Gasteiger partial charge on any atom is 0.227 e. The van der Waals surface area contributed by atoms with Crippen molar-refractivity contribution in [3.05, 3.63) is 22.4 Å². The number of amides is 2. The Morgan fingerprint density at radius 2 is 2.12 bits per heavy atom. The first-order chi connectivity index (χ1) is 11.5. The molecule has 2 amide bonds. The predicted molar refractivity (Wildman–Crippen MR) is 93.8 cm³/mol. The Balaban J connectivity index is 1.55. The highest BCUT2D eigenvalue weighted by atomic mass is 32.1. The molecule has 1 atom stereocenters. The van der Waals surface area contributed by atoms with Crippen LogP contribution in [0.5, 0.6) is 0 Å². The second-order valence-electron chi connectivity index (χ2n) is 7.26. The molecule has 1 aromatic rings. The number of carbonyl (C=O) groups is 2. The number of β-amino-alcohol motifs (C(OH)–C–C–N with tert-alkyl or cyclic N) is 1. The molecule has 5 nitrogen and oxygen atoms in total. The van der Waals surface area contributed by atoms with Crippen LogP contribution in [0.3, 0.4) is 0 Å². The Morgan fingerprint density at radius 1 is 1.38 bits per heavy atom. The summed E-state index contributed by atoms with van der Waals surface area (Å²) in [7, 11) is 0. The summed E-state index contributed by atoms with van der Waals surface area (Å²) in [4.78, 5) is 29.4. The fraction of sp³-hybridized carbons (Fsp3) is 0.667. The van der Waals surface area contributed by atoms with Crippen LogP contribution in [-0.4, -0.2) is 59.0 Å². The van der Waals surface area contributed by atoms with Gasteiger partial charge in [-0.25, -0.2) is 0 Å². The molecule has 1 N–H and O–H groups in total. The number of hydrogen-bond acceptors (Lipinski definition) is 4. The fourth-order valence-corrected chi connectivity index (χ4v) is 4.60. The van der Waals surface area contributed by atoms with E-state index in [1.165, 1.54) is 0 Å². The van der Waals surface area contributed by atoms with Crippen LogP contribution in [0.25, 0.3) is 0 Å². The molecule has 2 fully saturated rings. The Kier molecular flexibility index (Phi) is 5.25. The van der Waals surface area contributed by atoms with Gasteiger partial charge in [0.25, 0.3) is 0 Å². The average molecular weight is 350 g/mol. The maximum atomic E-state index is 12.4. The Bertz CT molecular complexity index is 577. The molecule has 24 heavy (non-hydrogen) atoms. The molecule has 1 unspecified atom stereocenters. The van der Waals surface area contributed by atoms with Crippen molar-refractivity contribution in [2.24, 2.45) is 5.41 Å². The highest BCUT2D eigenvalue weighted by molar-refractivity contribution is 7.10. The van der Waals surface area contributed by atoms with Crippen LogP contribution in [0, 0.1) is 5.41 Å². The topological polar surface area (TPSA) is 60.9 Å². The lowest BCUT2D eigenvalue weighted by molar-refractivity contribution is -0.143. The predicted octanol–water partition coefficient (Wildman–Crippen LogP) is 1.90. The molecule has 3 heterocycles. The van der Waals surface area contributed by atoms with E-state index in [4.69, 9.17) is 0 Å². The Morgan fingerprint density at radius 3 is 2.75 bits per heavy atom. The summed E-state index contributed by atoms with van der Waals surface area (Å²) < 4.78 is 0. The number of likely N-dealkylation sites (tertiary alicyclic amines) is 2. The monoisotopic (exact) mass is 350 g/mol. The summed E-state index contributed by atoms with van der Waals surface area (Å²) in [5, 5.41) is 11.6. The summed E-state index contributed by atoms with van der Waals surface area (Å²) in [6, 6.07) is 3.99. The normalized spacial score (nSPS) is 22.0. The summed E-state index contributed by atoms with van der Waals surface area (Å²) in [6.45, 7) is 4.42. The molecule has 0 aliphatic carbocycles. The molecule has 1 aromatic heterocycles. The van der Waals surface area contributed by atoms with Crippen molar-refractivity contribution < 1.29 is 14.7 Å². The van der Waals surface area contributed by atoms with E-state index in [1.54, 1.807) is 18.3 Å². The molecule has 0 aromatic carbocycles. The van der Waals surface area contributed by atoms with Gasteiger partial charge in [-0.15, -0.1) is 11.3 Å². The van der Waals surface area contributed by atoms with Crippen molar-refractivity contribution in [3.8, 4) is 0 Å². The zero-order chi connectivity index (χ0) is 17.2.